The minimum Gasteiger partial charge on any atom is -0.503 e. The van der Waals surface area contributed by atoms with E-state index in [1.807, 2.05) is 24.3 Å². The molecule has 0 fully saturated rings. The van der Waals surface area contributed by atoms with Crippen molar-refractivity contribution in [2.45, 2.75) is 0 Å². The summed E-state index contributed by atoms with van der Waals surface area (Å²) in [6.07, 6.45) is 1.77. The van der Waals surface area contributed by atoms with Crippen molar-refractivity contribution in [1.29, 1.82) is 0 Å². The predicted molar refractivity (Wildman–Crippen MR) is 85.3 cm³/mol. The van der Waals surface area contributed by atoms with Gasteiger partial charge in [-0.25, -0.2) is 0 Å². The third-order valence-electron chi connectivity index (χ3n) is 3.29. The van der Waals surface area contributed by atoms with Crippen LogP contribution >= 0.6 is 15.9 Å². The first-order chi connectivity index (χ1) is 10.1. The van der Waals surface area contributed by atoms with Crippen LogP contribution in [0.25, 0.3) is 11.6 Å². The zero-order valence-corrected chi connectivity index (χ0v) is 12.8. The number of carbonyl (C=O) groups is 1. The second-order valence-corrected chi connectivity index (χ2v) is 5.47. The van der Waals surface area contributed by atoms with Crippen LogP contribution in [0.1, 0.15) is 11.1 Å². The number of ether oxygens (including phenoxy) is 1. The Labute approximate surface area is 130 Å². The molecular formula is C16H12BrNO3. The number of fused-ring (bicyclic) bond motifs is 1. The molecule has 0 spiro atoms. The zero-order valence-electron chi connectivity index (χ0n) is 11.2. The molecule has 0 radical (unpaired) electrons. The van der Waals surface area contributed by atoms with Crippen LogP contribution in [0, 0.1) is 0 Å². The van der Waals surface area contributed by atoms with E-state index in [4.69, 9.17) is 4.74 Å². The van der Waals surface area contributed by atoms with E-state index in [1.165, 1.54) is 7.11 Å². The summed E-state index contributed by atoms with van der Waals surface area (Å²) in [5.74, 6) is 0.248. The first-order valence-electron chi connectivity index (χ1n) is 6.29. The molecule has 1 aliphatic heterocycles. The summed E-state index contributed by atoms with van der Waals surface area (Å²) < 4.78 is 5.63. The SMILES string of the molecule is COc1cc(/C=C2\C(=O)Nc3ccccc32)cc(Br)c1O. The molecule has 1 amide bonds. The molecule has 0 unspecified atom stereocenters. The monoisotopic (exact) mass is 345 g/mol. The summed E-state index contributed by atoms with van der Waals surface area (Å²) in [5, 5.41) is 12.6. The van der Waals surface area contributed by atoms with E-state index in [-0.39, 0.29) is 11.7 Å². The van der Waals surface area contributed by atoms with Gasteiger partial charge in [0, 0.05) is 16.8 Å². The molecule has 2 aromatic carbocycles. The molecular weight excluding hydrogens is 334 g/mol. The molecule has 106 valence electrons. The van der Waals surface area contributed by atoms with Gasteiger partial charge in [0.1, 0.15) is 0 Å². The second-order valence-electron chi connectivity index (χ2n) is 4.61. The predicted octanol–water partition coefficient (Wildman–Crippen LogP) is 3.66. The number of carbonyl (C=O) groups excluding carboxylic acids is 1. The normalized spacial score (nSPS) is 15.0. The summed E-state index contributed by atoms with van der Waals surface area (Å²) in [6.45, 7) is 0. The van der Waals surface area contributed by atoms with E-state index < -0.39 is 0 Å². The fourth-order valence-corrected chi connectivity index (χ4v) is 2.74. The number of hydrogen-bond donors (Lipinski definition) is 2. The number of methoxy groups -OCH3 is 1. The van der Waals surface area contributed by atoms with Crippen LogP contribution in [0.15, 0.2) is 40.9 Å². The molecule has 2 N–H and O–H groups in total. The molecule has 4 nitrogen and oxygen atoms in total. The Bertz CT molecular complexity index is 768. The molecule has 1 heterocycles. The van der Waals surface area contributed by atoms with Gasteiger partial charge in [0.25, 0.3) is 5.91 Å². The van der Waals surface area contributed by atoms with Crippen molar-refractivity contribution in [2.75, 3.05) is 12.4 Å². The Balaban J connectivity index is 2.11. The molecule has 3 rings (SSSR count). The first kappa shape index (κ1) is 13.7. The maximum absolute atomic E-state index is 12.1. The number of para-hydroxylation sites is 1. The van der Waals surface area contributed by atoms with Gasteiger partial charge in [0.15, 0.2) is 11.5 Å². The molecule has 0 atom stereocenters. The minimum atomic E-state index is -0.139. The van der Waals surface area contributed by atoms with E-state index in [9.17, 15) is 9.90 Å². The Morgan fingerprint density at radius 2 is 2.05 bits per heavy atom. The Morgan fingerprint density at radius 3 is 2.81 bits per heavy atom. The number of benzene rings is 2. The quantitative estimate of drug-likeness (QED) is 0.816. The number of anilines is 1. The highest BCUT2D eigenvalue weighted by molar-refractivity contribution is 9.10. The number of aromatic hydroxyl groups is 1. The number of halogens is 1. The van der Waals surface area contributed by atoms with Gasteiger partial charge in [-0.3, -0.25) is 4.79 Å². The Morgan fingerprint density at radius 1 is 1.29 bits per heavy atom. The molecule has 21 heavy (non-hydrogen) atoms. The van der Waals surface area contributed by atoms with Gasteiger partial charge in [-0.05, 0) is 45.8 Å². The highest BCUT2D eigenvalue weighted by atomic mass is 79.9. The molecule has 1 aliphatic rings. The summed E-state index contributed by atoms with van der Waals surface area (Å²) in [5.41, 5.74) is 3.02. The number of nitrogens with one attached hydrogen (secondary N) is 1. The van der Waals surface area contributed by atoms with Crippen LogP contribution in [-0.4, -0.2) is 18.1 Å². The number of hydrogen-bond acceptors (Lipinski definition) is 3. The van der Waals surface area contributed by atoms with E-state index in [2.05, 4.69) is 21.2 Å². The standard InChI is InChI=1S/C16H12BrNO3/c1-21-14-8-9(7-12(17)15(14)19)6-11-10-4-2-3-5-13(10)18-16(11)20/h2-8,19H,1H3,(H,18,20)/b11-6-. The lowest BCUT2D eigenvalue weighted by molar-refractivity contribution is -0.110. The lowest BCUT2D eigenvalue weighted by Crippen LogP contribution is -2.03. The van der Waals surface area contributed by atoms with Crippen LogP contribution in [0.2, 0.25) is 0 Å². The molecule has 2 aromatic rings. The first-order valence-corrected chi connectivity index (χ1v) is 7.08. The summed E-state index contributed by atoms with van der Waals surface area (Å²) >= 11 is 3.27. The molecule has 5 heteroatoms. The lowest BCUT2D eigenvalue weighted by atomic mass is 10.0. The van der Waals surface area contributed by atoms with Crippen LogP contribution in [-0.2, 0) is 4.79 Å². The number of phenols is 1. The fourth-order valence-electron chi connectivity index (χ4n) is 2.28. The minimum absolute atomic E-state index is 0.0379. The van der Waals surface area contributed by atoms with Crippen molar-refractivity contribution < 1.29 is 14.6 Å². The Kier molecular flexibility index (Phi) is 3.43. The van der Waals surface area contributed by atoms with Gasteiger partial charge in [-0.2, -0.15) is 0 Å². The lowest BCUT2D eigenvalue weighted by Gasteiger charge is -2.07. The summed E-state index contributed by atoms with van der Waals surface area (Å²) in [7, 11) is 1.48. The summed E-state index contributed by atoms with van der Waals surface area (Å²) in [4.78, 5) is 12.1. The smallest absolute Gasteiger partial charge is 0.256 e. The highest BCUT2D eigenvalue weighted by Crippen LogP contribution is 2.38. The second kappa shape index (κ2) is 5.26. The van der Waals surface area contributed by atoms with E-state index in [1.54, 1.807) is 18.2 Å². The number of phenolic OH excluding ortho intramolecular Hbond substituents is 1. The van der Waals surface area contributed by atoms with Crippen LogP contribution in [0.3, 0.4) is 0 Å². The van der Waals surface area contributed by atoms with Crippen LogP contribution in [0.5, 0.6) is 11.5 Å². The summed E-state index contributed by atoms with van der Waals surface area (Å²) in [6, 6.07) is 10.9. The average molecular weight is 346 g/mol. The molecule has 0 bridgehead atoms. The Hall–Kier alpha value is -2.27. The van der Waals surface area contributed by atoms with Gasteiger partial charge in [-0.1, -0.05) is 18.2 Å². The number of rotatable bonds is 2. The van der Waals surface area contributed by atoms with Crippen molar-refractivity contribution in [3.8, 4) is 11.5 Å². The van der Waals surface area contributed by atoms with Crippen molar-refractivity contribution in [2.24, 2.45) is 0 Å². The molecule has 0 saturated heterocycles. The van der Waals surface area contributed by atoms with Crippen molar-refractivity contribution in [1.82, 2.24) is 0 Å². The van der Waals surface area contributed by atoms with Gasteiger partial charge in [0.05, 0.1) is 11.6 Å². The fraction of sp³-hybridized carbons (Fsp3) is 0.0625. The van der Waals surface area contributed by atoms with Gasteiger partial charge in [0.2, 0.25) is 0 Å². The van der Waals surface area contributed by atoms with Crippen molar-refractivity contribution >= 4 is 39.2 Å². The molecule has 0 saturated carbocycles. The molecule has 0 aromatic heterocycles. The largest absolute Gasteiger partial charge is 0.503 e. The van der Waals surface area contributed by atoms with Gasteiger partial charge < -0.3 is 15.2 Å². The maximum atomic E-state index is 12.1. The van der Waals surface area contributed by atoms with Crippen molar-refractivity contribution in [3.05, 3.63) is 52.0 Å². The van der Waals surface area contributed by atoms with Gasteiger partial charge >= 0.3 is 0 Å². The maximum Gasteiger partial charge on any atom is 0.256 e. The average Bonchev–Trinajstić information content (AvgIpc) is 2.79. The van der Waals surface area contributed by atoms with Crippen LogP contribution < -0.4 is 10.1 Å². The van der Waals surface area contributed by atoms with Crippen molar-refractivity contribution in [3.63, 3.8) is 0 Å². The van der Waals surface area contributed by atoms with E-state index >= 15 is 0 Å². The van der Waals surface area contributed by atoms with Crippen LogP contribution in [0.4, 0.5) is 5.69 Å². The van der Waals surface area contributed by atoms with E-state index in [0.29, 0.717) is 15.8 Å². The van der Waals surface area contributed by atoms with Gasteiger partial charge in [-0.15, -0.1) is 0 Å². The van der Waals surface area contributed by atoms with E-state index in [0.717, 1.165) is 16.8 Å². The third-order valence-corrected chi connectivity index (χ3v) is 3.90. The zero-order chi connectivity index (χ0) is 15.0. The third kappa shape index (κ3) is 2.40. The molecule has 0 aliphatic carbocycles. The number of amides is 1. The topological polar surface area (TPSA) is 58.6 Å². The highest BCUT2D eigenvalue weighted by Gasteiger charge is 2.23.